The highest BCUT2D eigenvalue weighted by molar-refractivity contribution is 6.30. The Labute approximate surface area is 153 Å². The lowest BCUT2D eigenvalue weighted by Gasteiger charge is -2.19. The van der Waals surface area contributed by atoms with Crippen LogP contribution in [-0.2, 0) is 9.53 Å². The highest BCUT2D eigenvalue weighted by atomic mass is 35.5. The average molecular weight is 371 g/mol. The number of carbonyl (C=O) groups is 2. The molecule has 2 aromatic carbocycles. The van der Waals surface area contributed by atoms with Gasteiger partial charge in [0.05, 0.1) is 23.8 Å². The predicted molar refractivity (Wildman–Crippen MR) is 95.8 cm³/mol. The van der Waals surface area contributed by atoms with Gasteiger partial charge in [-0.3, -0.25) is 9.89 Å². The van der Waals surface area contributed by atoms with Gasteiger partial charge in [-0.2, -0.15) is 5.10 Å². The molecule has 7 nitrogen and oxygen atoms in total. The Bertz CT molecular complexity index is 970. The van der Waals surface area contributed by atoms with E-state index < -0.39 is 24.1 Å². The smallest absolute Gasteiger partial charge is 0.408 e. The summed E-state index contributed by atoms with van der Waals surface area (Å²) in [7, 11) is 0. The molecular formula is C18H15ClN4O3. The molecule has 1 aromatic heterocycles. The van der Waals surface area contributed by atoms with Crippen LogP contribution in [0, 0.1) is 0 Å². The van der Waals surface area contributed by atoms with Gasteiger partial charge >= 0.3 is 6.09 Å². The fraction of sp³-hybridized carbons (Fsp3) is 0.167. The number of nitrogens with zero attached hydrogens (tertiary/aromatic N) is 1. The minimum Gasteiger partial charge on any atom is -0.434 e. The van der Waals surface area contributed by atoms with E-state index >= 15 is 0 Å². The molecule has 8 heteroatoms. The van der Waals surface area contributed by atoms with Crippen molar-refractivity contribution in [1.82, 2.24) is 20.8 Å². The molecule has 2 atom stereocenters. The number of benzene rings is 2. The molecule has 1 aliphatic rings. The largest absolute Gasteiger partial charge is 0.434 e. The number of rotatable bonds is 4. The molecule has 0 bridgehead atoms. The van der Waals surface area contributed by atoms with Crippen LogP contribution in [0.3, 0.4) is 0 Å². The standard InChI is InChI=1S/C18H15ClN4O3/c19-11-7-5-10(6-8-11)15(21-17(24)14-9-20-18(25)26-14)16-12-3-1-2-4-13(12)22-23-16/h1-8,14-15H,9H2,(H,20,25)(H,21,24)(H,22,23)/t14-,15?/m0/s1. The third-order valence-electron chi connectivity index (χ3n) is 4.24. The van der Waals surface area contributed by atoms with E-state index in [9.17, 15) is 9.59 Å². The first-order valence-electron chi connectivity index (χ1n) is 8.05. The summed E-state index contributed by atoms with van der Waals surface area (Å²) >= 11 is 5.99. The van der Waals surface area contributed by atoms with Gasteiger partial charge in [-0.25, -0.2) is 4.79 Å². The molecule has 0 aliphatic carbocycles. The number of fused-ring (bicyclic) bond motifs is 1. The van der Waals surface area contributed by atoms with Gasteiger partial charge in [-0.05, 0) is 23.8 Å². The van der Waals surface area contributed by atoms with E-state index in [4.69, 9.17) is 16.3 Å². The van der Waals surface area contributed by atoms with E-state index in [-0.39, 0.29) is 6.54 Å². The number of hydrogen-bond donors (Lipinski definition) is 3. The van der Waals surface area contributed by atoms with Crippen LogP contribution in [0.5, 0.6) is 0 Å². The molecule has 0 saturated carbocycles. The molecule has 4 rings (SSSR count). The number of aromatic nitrogens is 2. The Morgan fingerprint density at radius 3 is 2.73 bits per heavy atom. The van der Waals surface area contributed by atoms with Crippen molar-refractivity contribution in [3.63, 3.8) is 0 Å². The Balaban J connectivity index is 1.71. The molecule has 2 heterocycles. The fourth-order valence-electron chi connectivity index (χ4n) is 2.94. The lowest BCUT2D eigenvalue weighted by atomic mass is 10.0. The second kappa shape index (κ2) is 6.68. The third-order valence-corrected chi connectivity index (χ3v) is 4.49. The van der Waals surface area contributed by atoms with Crippen molar-refractivity contribution in [3.8, 4) is 0 Å². The molecule has 0 radical (unpaired) electrons. The van der Waals surface area contributed by atoms with Crippen LogP contribution in [0.25, 0.3) is 10.9 Å². The van der Waals surface area contributed by atoms with Crippen LogP contribution >= 0.6 is 11.6 Å². The van der Waals surface area contributed by atoms with E-state index in [2.05, 4.69) is 20.8 Å². The summed E-state index contributed by atoms with van der Waals surface area (Å²) < 4.78 is 4.97. The lowest BCUT2D eigenvalue weighted by molar-refractivity contribution is -0.128. The van der Waals surface area contributed by atoms with Gasteiger partial charge in [-0.15, -0.1) is 0 Å². The highest BCUT2D eigenvalue weighted by Crippen LogP contribution is 2.28. The van der Waals surface area contributed by atoms with Crippen LogP contribution < -0.4 is 10.6 Å². The van der Waals surface area contributed by atoms with Crippen LogP contribution in [-0.4, -0.2) is 34.8 Å². The van der Waals surface area contributed by atoms with Gasteiger partial charge in [0.15, 0.2) is 6.10 Å². The second-order valence-electron chi connectivity index (χ2n) is 5.92. The van der Waals surface area contributed by atoms with Gasteiger partial charge in [0.25, 0.3) is 5.91 Å². The molecule has 26 heavy (non-hydrogen) atoms. The molecule has 132 valence electrons. The first kappa shape index (κ1) is 16.4. The van der Waals surface area contributed by atoms with Crippen LogP contribution in [0.1, 0.15) is 17.3 Å². The van der Waals surface area contributed by atoms with Gasteiger partial charge in [0, 0.05) is 10.4 Å². The first-order chi connectivity index (χ1) is 12.6. The van der Waals surface area contributed by atoms with E-state index in [1.807, 2.05) is 36.4 Å². The number of halogens is 1. The van der Waals surface area contributed by atoms with Crippen molar-refractivity contribution in [2.75, 3.05) is 6.54 Å². The number of alkyl carbamates (subject to hydrolysis) is 1. The lowest BCUT2D eigenvalue weighted by Crippen LogP contribution is -2.39. The van der Waals surface area contributed by atoms with E-state index in [1.54, 1.807) is 12.1 Å². The van der Waals surface area contributed by atoms with Gasteiger partial charge in [0.2, 0.25) is 0 Å². The number of carbonyl (C=O) groups excluding carboxylic acids is 2. The quantitative estimate of drug-likeness (QED) is 0.657. The number of amides is 2. The molecule has 2 amide bonds. The van der Waals surface area contributed by atoms with Crippen molar-refractivity contribution in [1.29, 1.82) is 0 Å². The Morgan fingerprint density at radius 2 is 2.00 bits per heavy atom. The SMILES string of the molecule is O=C1NC[C@@H](C(=O)NC(c2ccc(Cl)cc2)c2n[nH]c3ccccc23)O1. The minimum atomic E-state index is -0.873. The minimum absolute atomic E-state index is 0.138. The zero-order valence-corrected chi connectivity index (χ0v) is 14.3. The molecule has 1 saturated heterocycles. The molecular weight excluding hydrogens is 356 g/mol. The number of H-pyrrole nitrogens is 1. The van der Waals surface area contributed by atoms with Crippen molar-refractivity contribution < 1.29 is 14.3 Å². The first-order valence-corrected chi connectivity index (χ1v) is 8.43. The molecule has 1 aliphatic heterocycles. The maximum Gasteiger partial charge on any atom is 0.408 e. The number of ether oxygens (including phenoxy) is 1. The summed E-state index contributed by atoms with van der Waals surface area (Å²) in [6.45, 7) is 0.138. The maximum absolute atomic E-state index is 12.6. The third kappa shape index (κ3) is 3.09. The number of nitrogens with one attached hydrogen (secondary N) is 3. The van der Waals surface area contributed by atoms with Crippen LogP contribution in [0.15, 0.2) is 48.5 Å². The van der Waals surface area contributed by atoms with Crippen LogP contribution in [0.2, 0.25) is 5.02 Å². The summed E-state index contributed by atoms with van der Waals surface area (Å²) in [6.07, 6.45) is -1.47. The Kier molecular flexibility index (Phi) is 4.22. The fourth-order valence-corrected chi connectivity index (χ4v) is 3.07. The Morgan fingerprint density at radius 1 is 1.23 bits per heavy atom. The summed E-state index contributed by atoms with van der Waals surface area (Å²) in [4.78, 5) is 23.8. The highest BCUT2D eigenvalue weighted by Gasteiger charge is 2.32. The van der Waals surface area contributed by atoms with Crippen molar-refractivity contribution in [3.05, 3.63) is 64.8 Å². The normalized spacial score (nSPS) is 17.6. The topological polar surface area (TPSA) is 96.1 Å². The Hall–Kier alpha value is -3.06. The summed E-state index contributed by atoms with van der Waals surface area (Å²) in [5.74, 6) is -0.393. The summed E-state index contributed by atoms with van der Waals surface area (Å²) in [5, 5.41) is 14.3. The number of cyclic esters (lactones) is 1. The van der Waals surface area contributed by atoms with Crippen molar-refractivity contribution in [2.45, 2.75) is 12.1 Å². The average Bonchev–Trinajstić information content (AvgIpc) is 3.27. The van der Waals surface area contributed by atoms with Crippen LogP contribution in [0.4, 0.5) is 4.79 Å². The van der Waals surface area contributed by atoms with Crippen molar-refractivity contribution >= 4 is 34.5 Å². The van der Waals surface area contributed by atoms with E-state index in [0.717, 1.165) is 16.5 Å². The van der Waals surface area contributed by atoms with Gasteiger partial charge < -0.3 is 15.4 Å². The number of aromatic amines is 1. The van der Waals surface area contributed by atoms with E-state index in [1.165, 1.54) is 0 Å². The number of para-hydroxylation sites is 1. The van der Waals surface area contributed by atoms with Gasteiger partial charge in [0.1, 0.15) is 0 Å². The second-order valence-corrected chi connectivity index (χ2v) is 6.36. The monoisotopic (exact) mass is 370 g/mol. The van der Waals surface area contributed by atoms with Crippen molar-refractivity contribution in [2.24, 2.45) is 0 Å². The zero-order chi connectivity index (χ0) is 18.1. The molecule has 3 aromatic rings. The molecule has 1 unspecified atom stereocenters. The van der Waals surface area contributed by atoms with Gasteiger partial charge in [-0.1, -0.05) is 41.9 Å². The molecule has 0 spiro atoms. The molecule has 3 N–H and O–H groups in total. The summed E-state index contributed by atoms with van der Waals surface area (Å²) in [5.41, 5.74) is 2.36. The maximum atomic E-state index is 12.6. The number of hydrogen-bond acceptors (Lipinski definition) is 4. The van der Waals surface area contributed by atoms with E-state index in [0.29, 0.717) is 10.7 Å². The zero-order valence-electron chi connectivity index (χ0n) is 13.5. The summed E-state index contributed by atoms with van der Waals surface area (Å²) in [6, 6.07) is 14.3. The predicted octanol–water partition coefficient (Wildman–Crippen LogP) is 2.53. The molecule has 1 fully saturated rings.